The van der Waals surface area contributed by atoms with Crippen molar-refractivity contribution >= 4 is 17.7 Å². The summed E-state index contributed by atoms with van der Waals surface area (Å²) in [7, 11) is 0. The summed E-state index contributed by atoms with van der Waals surface area (Å²) < 4.78 is 18.4. The number of anilines is 1. The number of alkyl carbamates (subject to hydrolysis) is 1. The number of amides is 2. The first-order chi connectivity index (χ1) is 13.1. The van der Waals surface area contributed by atoms with Gasteiger partial charge in [-0.15, -0.1) is 0 Å². The zero-order valence-corrected chi connectivity index (χ0v) is 14.9. The van der Waals surface area contributed by atoms with E-state index in [1.54, 1.807) is 11.0 Å². The maximum atomic E-state index is 13.3. The van der Waals surface area contributed by atoms with Crippen molar-refractivity contribution in [3.8, 4) is 0 Å². The van der Waals surface area contributed by atoms with Crippen LogP contribution in [-0.4, -0.2) is 49.6 Å². The van der Waals surface area contributed by atoms with Crippen LogP contribution in [0.3, 0.4) is 0 Å². The Morgan fingerprint density at radius 1 is 1.00 bits per heavy atom. The van der Waals surface area contributed by atoms with Crippen LogP contribution in [0.15, 0.2) is 54.6 Å². The van der Waals surface area contributed by atoms with Crippen LogP contribution in [0.2, 0.25) is 0 Å². The van der Waals surface area contributed by atoms with Crippen molar-refractivity contribution in [2.24, 2.45) is 0 Å². The molecule has 0 atom stereocenters. The van der Waals surface area contributed by atoms with Crippen molar-refractivity contribution in [1.29, 1.82) is 0 Å². The number of nitrogens with zero attached hydrogens (tertiary/aromatic N) is 2. The minimum absolute atomic E-state index is 0.104. The van der Waals surface area contributed by atoms with Crippen molar-refractivity contribution < 1.29 is 18.7 Å². The van der Waals surface area contributed by atoms with Crippen molar-refractivity contribution in [2.75, 3.05) is 37.6 Å². The Kier molecular flexibility index (Phi) is 6.25. The molecular formula is C20H22FN3O3. The second-order valence-electron chi connectivity index (χ2n) is 6.26. The molecule has 0 spiro atoms. The molecule has 7 heteroatoms. The molecular weight excluding hydrogens is 349 g/mol. The highest BCUT2D eigenvalue weighted by Crippen LogP contribution is 2.17. The fourth-order valence-electron chi connectivity index (χ4n) is 2.92. The quantitative estimate of drug-likeness (QED) is 0.877. The molecule has 142 valence electrons. The van der Waals surface area contributed by atoms with Gasteiger partial charge in [0.15, 0.2) is 0 Å². The Bertz CT molecular complexity index is 777. The lowest BCUT2D eigenvalue weighted by molar-refractivity contribution is -0.130. The normalized spacial score (nSPS) is 14.0. The fraction of sp³-hybridized carbons (Fsp3) is 0.300. The standard InChI is InChI=1S/C20H22FN3O3/c21-17-7-4-8-18(13-17)23-9-11-24(12-10-23)19(25)14-22-20(26)27-15-16-5-2-1-3-6-16/h1-8,13H,9-12,14-15H2,(H,22,26). The Balaban J connectivity index is 1.38. The lowest BCUT2D eigenvalue weighted by atomic mass is 10.2. The van der Waals surface area contributed by atoms with Gasteiger partial charge >= 0.3 is 6.09 Å². The summed E-state index contributed by atoms with van der Waals surface area (Å²) in [6, 6.07) is 15.8. The number of nitrogens with one attached hydrogen (secondary N) is 1. The van der Waals surface area contributed by atoms with Crippen LogP contribution in [0.4, 0.5) is 14.9 Å². The highest BCUT2D eigenvalue weighted by Gasteiger charge is 2.21. The van der Waals surface area contributed by atoms with Crippen molar-refractivity contribution in [3.63, 3.8) is 0 Å². The van der Waals surface area contributed by atoms with E-state index in [4.69, 9.17) is 4.74 Å². The van der Waals surface area contributed by atoms with E-state index in [1.807, 2.05) is 41.3 Å². The number of benzene rings is 2. The van der Waals surface area contributed by atoms with Gasteiger partial charge in [0.05, 0.1) is 0 Å². The highest BCUT2D eigenvalue weighted by molar-refractivity contribution is 5.82. The largest absolute Gasteiger partial charge is 0.445 e. The first-order valence-corrected chi connectivity index (χ1v) is 8.84. The van der Waals surface area contributed by atoms with Gasteiger partial charge in [-0.2, -0.15) is 0 Å². The van der Waals surface area contributed by atoms with E-state index in [0.717, 1.165) is 11.3 Å². The fourth-order valence-corrected chi connectivity index (χ4v) is 2.92. The molecule has 0 aromatic heterocycles. The van der Waals surface area contributed by atoms with Crippen molar-refractivity contribution in [3.05, 3.63) is 66.0 Å². The summed E-state index contributed by atoms with van der Waals surface area (Å²) >= 11 is 0. The molecule has 1 heterocycles. The van der Waals surface area contributed by atoms with Crippen molar-refractivity contribution in [2.45, 2.75) is 6.61 Å². The average Bonchev–Trinajstić information content (AvgIpc) is 2.71. The summed E-state index contributed by atoms with van der Waals surface area (Å²) in [6.45, 7) is 2.34. The minimum Gasteiger partial charge on any atom is -0.445 e. The number of hydrogen-bond acceptors (Lipinski definition) is 4. The number of ether oxygens (including phenoxy) is 1. The molecule has 3 rings (SSSR count). The number of hydrogen-bond donors (Lipinski definition) is 1. The molecule has 1 aliphatic heterocycles. The molecule has 2 aromatic carbocycles. The van der Waals surface area contributed by atoms with Gasteiger partial charge in [-0.1, -0.05) is 36.4 Å². The Morgan fingerprint density at radius 2 is 1.74 bits per heavy atom. The molecule has 1 N–H and O–H groups in total. The van der Waals surface area contributed by atoms with E-state index in [-0.39, 0.29) is 24.9 Å². The lowest BCUT2D eigenvalue weighted by Gasteiger charge is -2.36. The smallest absolute Gasteiger partial charge is 0.407 e. The molecule has 1 fully saturated rings. The Hall–Kier alpha value is -3.09. The predicted octanol–water partition coefficient (Wildman–Crippen LogP) is 2.40. The first-order valence-electron chi connectivity index (χ1n) is 8.84. The zero-order chi connectivity index (χ0) is 19.1. The number of piperazine rings is 1. The van der Waals surface area contributed by atoms with Crippen LogP contribution in [0.25, 0.3) is 0 Å². The predicted molar refractivity (Wildman–Crippen MR) is 99.8 cm³/mol. The van der Waals surface area contributed by atoms with Gasteiger partial charge in [0.1, 0.15) is 19.0 Å². The van der Waals surface area contributed by atoms with E-state index in [1.165, 1.54) is 12.1 Å². The summed E-state index contributed by atoms with van der Waals surface area (Å²) in [6.07, 6.45) is -0.620. The molecule has 0 aliphatic carbocycles. The van der Waals surface area contributed by atoms with Gasteiger partial charge in [-0.25, -0.2) is 9.18 Å². The Morgan fingerprint density at radius 3 is 2.44 bits per heavy atom. The van der Waals surface area contributed by atoms with Gasteiger partial charge in [-0.05, 0) is 23.8 Å². The van der Waals surface area contributed by atoms with Crippen LogP contribution in [0, 0.1) is 5.82 Å². The summed E-state index contributed by atoms with van der Waals surface area (Å²) in [5, 5.41) is 2.48. The lowest BCUT2D eigenvalue weighted by Crippen LogP contribution is -2.51. The number of carbonyl (C=O) groups is 2. The van der Waals surface area contributed by atoms with E-state index in [2.05, 4.69) is 5.32 Å². The second kappa shape index (κ2) is 9.02. The third-order valence-corrected chi connectivity index (χ3v) is 4.40. The molecule has 2 amide bonds. The molecule has 0 bridgehead atoms. The van der Waals surface area contributed by atoms with Crippen molar-refractivity contribution in [1.82, 2.24) is 10.2 Å². The van der Waals surface area contributed by atoms with Gasteiger partial charge in [0, 0.05) is 31.9 Å². The van der Waals surface area contributed by atoms with Crippen LogP contribution in [-0.2, 0) is 16.1 Å². The molecule has 2 aromatic rings. The maximum Gasteiger partial charge on any atom is 0.407 e. The Labute approximate surface area is 157 Å². The number of halogens is 1. The third-order valence-electron chi connectivity index (χ3n) is 4.40. The average molecular weight is 371 g/mol. The zero-order valence-electron chi connectivity index (χ0n) is 14.9. The molecule has 6 nitrogen and oxygen atoms in total. The minimum atomic E-state index is -0.620. The first kappa shape index (κ1) is 18.7. The molecule has 0 radical (unpaired) electrons. The third kappa shape index (κ3) is 5.44. The van der Waals surface area contributed by atoms with E-state index in [0.29, 0.717) is 26.2 Å². The molecule has 27 heavy (non-hydrogen) atoms. The number of rotatable bonds is 5. The van der Waals surface area contributed by atoms with Crippen LogP contribution in [0.5, 0.6) is 0 Å². The van der Waals surface area contributed by atoms with E-state index < -0.39 is 6.09 Å². The van der Waals surface area contributed by atoms with Gasteiger partial charge in [0.25, 0.3) is 0 Å². The summed E-state index contributed by atoms with van der Waals surface area (Å²) in [4.78, 5) is 27.7. The van der Waals surface area contributed by atoms with Crippen LogP contribution >= 0.6 is 0 Å². The SMILES string of the molecule is O=C(NCC(=O)N1CCN(c2cccc(F)c2)CC1)OCc1ccccc1. The van der Waals surface area contributed by atoms with Gasteiger partial charge in [-0.3, -0.25) is 4.79 Å². The van der Waals surface area contributed by atoms with Gasteiger partial charge in [0.2, 0.25) is 5.91 Å². The second-order valence-corrected chi connectivity index (χ2v) is 6.26. The molecule has 1 aliphatic rings. The summed E-state index contributed by atoms with van der Waals surface area (Å²) in [5.41, 5.74) is 1.69. The van der Waals surface area contributed by atoms with Crippen LogP contribution < -0.4 is 10.2 Å². The topological polar surface area (TPSA) is 61.9 Å². The van der Waals surface area contributed by atoms with E-state index in [9.17, 15) is 14.0 Å². The van der Waals surface area contributed by atoms with Crippen LogP contribution in [0.1, 0.15) is 5.56 Å². The maximum absolute atomic E-state index is 13.3. The highest BCUT2D eigenvalue weighted by atomic mass is 19.1. The number of carbonyl (C=O) groups excluding carboxylic acids is 2. The van der Waals surface area contributed by atoms with E-state index >= 15 is 0 Å². The summed E-state index contributed by atoms with van der Waals surface area (Å²) in [5.74, 6) is -0.435. The van der Waals surface area contributed by atoms with Gasteiger partial charge < -0.3 is 19.9 Å². The molecule has 1 saturated heterocycles. The molecule has 0 unspecified atom stereocenters. The monoisotopic (exact) mass is 371 g/mol. The molecule has 0 saturated carbocycles.